The molecule has 0 aromatic carbocycles. The minimum absolute atomic E-state index is 0.811. The molecule has 2 heteroatoms. The topological polar surface area (TPSA) is 25.2 Å². The molecular formula is C14H16N2. The van der Waals surface area contributed by atoms with E-state index in [2.05, 4.69) is 23.1 Å². The van der Waals surface area contributed by atoms with E-state index in [1.165, 1.54) is 0 Å². The number of hydrogen-bond donors (Lipinski definition) is 0. The molecular weight excluding hydrogens is 196 g/mol. The summed E-state index contributed by atoms with van der Waals surface area (Å²) in [6.45, 7) is 11.4. The average molecular weight is 212 g/mol. The van der Waals surface area contributed by atoms with Crippen molar-refractivity contribution in [3.8, 4) is 0 Å². The monoisotopic (exact) mass is 212 g/mol. The van der Waals surface area contributed by atoms with Crippen molar-refractivity contribution in [2.75, 3.05) is 0 Å². The number of aryl methyl sites for hydroxylation is 1. The molecule has 0 radical (unpaired) electrons. The van der Waals surface area contributed by atoms with Crippen LogP contribution in [0.1, 0.15) is 18.2 Å². The van der Waals surface area contributed by atoms with Crippen LogP contribution in [-0.4, -0.2) is 11.2 Å². The van der Waals surface area contributed by atoms with Crippen LogP contribution in [0.15, 0.2) is 54.2 Å². The van der Waals surface area contributed by atoms with Gasteiger partial charge >= 0.3 is 0 Å². The summed E-state index contributed by atoms with van der Waals surface area (Å²) in [5.74, 6) is 0. The smallest absolute Gasteiger partial charge is 0.0915 e. The van der Waals surface area contributed by atoms with Gasteiger partial charge in [-0.25, -0.2) is 0 Å². The minimum Gasteiger partial charge on any atom is -0.255 e. The van der Waals surface area contributed by atoms with Gasteiger partial charge in [0.2, 0.25) is 0 Å². The van der Waals surface area contributed by atoms with Gasteiger partial charge in [0.25, 0.3) is 0 Å². The standard InChI is InChI=1S/C14H16N2/c1-5-8-15-13(10-11(2)3)14-12(4)7-6-9-16-14/h5-10H,1-2H2,3-4H3/b13-10-,15-8-. The van der Waals surface area contributed by atoms with Gasteiger partial charge in [-0.2, -0.15) is 0 Å². The van der Waals surface area contributed by atoms with Crippen LogP contribution in [0.2, 0.25) is 0 Å². The van der Waals surface area contributed by atoms with Gasteiger partial charge in [0, 0.05) is 12.4 Å². The summed E-state index contributed by atoms with van der Waals surface area (Å²) < 4.78 is 0. The van der Waals surface area contributed by atoms with Crippen LogP contribution >= 0.6 is 0 Å². The van der Waals surface area contributed by atoms with Crippen molar-refractivity contribution in [2.45, 2.75) is 13.8 Å². The van der Waals surface area contributed by atoms with E-state index in [0.717, 1.165) is 22.5 Å². The van der Waals surface area contributed by atoms with Gasteiger partial charge < -0.3 is 0 Å². The molecule has 0 unspecified atom stereocenters. The Morgan fingerprint density at radius 2 is 2.25 bits per heavy atom. The zero-order valence-electron chi connectivity index (χ0n) is 9.77. The Labute approximate surface area is 96.8 Å². The van der Waals surface area contributed by atoms with E-state index in [-0.39, 0.29) is 0 Å². The highest BCUT2D eigenvalue weighted by molar-refractivity contribution is 5.80. The van der Waals surface area contributed by atoms with E-state index in [9.17, 15) is 0 Å². The van der Waals surface area contributed by atoms with Gasteiger partial charge in [-0.05, 0) is 31.6 Å². The first kappa shape index (κ1) is 12.1. The minimum atomic E-state index is 0.811. The Hall–Kier alpha value is -1.96. The van der Waals surface area contributed by atoms with E-state index < -0.39 is 0 Å². The second-order valence-electron chi connectivity index (χ2n) is 3.56. The third-order valence-corrected chi connectivity index (χ3v) is 1.95. The third kappa shape index (κ3) is 3.31. The normalized spacial score (nSPS) is 11.8. The van der Waals surface area contributed by atoms with Gasteiger partial charge in [-0.15, -0.1) is 0 Å². The quantitative estimate of drug-likeness (QED) is 0.553. The van der Waals surface area contributed by atoms with Crippen molar-refractivity contribution < 1.29 is 0 Å². The van der Waals surface area contributed by atoms with Gasteiger partial charge in [-0.3, -0.25) is 9.98 Å². The van der Waals surface area contributed by atoms with Gasteiger partial charge in [-0.1, -0.05) is 30.9 Å². The number of hydrogen-bond acceptors (Lipinski definition) is 2. The molecule has 16 heavy (non-hydrogen) atoms. The van der Waals surface area contributed by atoms with E-state index >= 15 is 0 Å². The molecule has 1 rings (SSSR count). The number of pyridine rings is 1. The fourth-order valence-electron chi connectivity index (χ4n) is 1.29. The highest BCUT2D eigenvalue weighted by Gasteiger charge is 2.03. The lowest BCUT2D eigenvalue weighted by Gasteiger charge is -2.04. The summed E-state index contributed by atoms with van der Waals surface area (Å²) in [5.41, 5.74) is 3.73. The zero-order valence-corrected chi connectivity index (χ0v) is 9.77. The molecule has 2 nitrogen and oxygen atoms in total. The molecule has 1 heterocycles. The summed E-state index contributed by atoms with van der Waals surface area (Å²) in [6, 6.07) is 3.92. The van der Waals surface area contributed by atoms with Gasteiger partial charge in [0.05, 0.1) is 11.4 Å². The van der Waals surface area contributed by atoms with Crippen molar-refractivity contribution in [1.29, 1.82) is 0 Å². The van der Waals surface area contributed by atoms with E-state index in [0.29, 0.717) is 0 Å². The molecule has 0 saturated heterocycles. The molecule has 0 atom stereocenters. The molecule has 0 bridgehead atoms. The summed E-state index contributed by atoms with van der Waals surface area (Å²) in [6.07, 6.45) is 6.97. The second kappa shape index (κ2) is 5.81. The van der Waals surface area contributed by atoms with Crippen molar-refractivity contribution in [3.05, 3.63) is 60.5 Å². The Morgan fingerprint density at radius 1 is 1.50 bits per heavy atom. The highest BCUT2D eigenvalue weighted by atomic mass is 14.8. The average Bonchev–Trinajstić information content (AvgIpc) is 2.24. The molecule has 1 aromatic rings. The van der Waals surface area contributed by atoms with Gasteiger partial charge in [0.15, 0.2) is 0 Å². The fourth-order valence-corrected chi connectivity index (χ4v) is 1.29. The van der Waals surface area contributed by atoms with Crippen LogP contribution in [-0.2, 0) is 0 Å². The van der Waals surface area contributed by atoms with Gasteiger partial charge in [0.1, 0.15) is 0 Å². The molecule has 82 valence electrons. The number of allylic oxidation sites excluding steroid dienone is 3. The Balaban J connectivity index is 3.21. The molecule has 0 N–H and O–H groups in total. The molecule has 0 aliphatic carbocycles. The maximum atomic E-state index is 4.33. The molecule has 0 fully saturated rings. The summed E-state index contributed by atoms with van der Waals surface area (Å²) >= 11 is 0. The highest BCUT2D eigenvalue weighted by Crippen LogP contribution is 2.18. The molecule has 0 aliphatic heterocycles. The number of nitrogens with zero attached hydrogens (tertiary/aromatic N) is 2. The lowest BCUT2D eigenvalue weighted by atomic mass is 10.1. The number of aromatic nitrogens is 1. The third-order valence-electron chi connectivity index (χ3n) is 1.95. The molecule has 0 saturated carbocycles. The van der Waals surface area contributed by atoms with Crippen LogP contribution in [0.4, 0.5) is 0 Å². The first-order valence-corrected chi connectivity index (χ1v) is 5.09. The SMILES string of the molecule is C=C/C=N\C(=C/C(=C)C)c1ncccc1C. The van der Waals surface area contributed by atoms with E-state index in [1.807, 2.05) is 32.1 Å². The Kier molecular flexibility index (Phi) is 4.40. The molecule has 1 aromatic heterocycles. The molecule has 0 aliphatic rings. The lowest BCUT2D eigenvalue weighted by Crippen LogP contribution is -1.91. The second-order valence-corrected chi connectivity index (χ2v) is 3.56. The first-order valence-electron chi connectivity index (χ1n) is 5.09. The van der Waals surface area contributed by atoms with Crippen LogP contribution in [0.25, 0.3) is 5.70 Å². The molecule has 0 spiro atoms. The lowest BCUT2D eigenvalue weighted by molar-refractivity contribution is 1.20. The largest absolute Gasteiger partial charge is 0.255 e. The number of rotatable bonds is 4. The summed E-state index contributed by atoms with van der Waals surface area (Å²) in [7, 11) is 0. The van der Waals surface area contributed by atoms with Crippen molar-refractivity contribution in [1.82, 2.24) is 4.98 Å². The van der Waals surface area contributed by atoms with Crippen LogP contribution in [0.5, 0.6) is 0 Å². The maximum Gasteiger partial charge on any atom is 0.0915 e. The van der Waals surface area contributed by atoms with Crippen LogP contribution in [0, 0.1) is 6.92 Å². The zero-order chi connectivity index (χ0) is 12.0. The maximum absolute atomic E-state index is 4.33. The first-order chi connectivity index (χ1) is 7.65. The summed E-state index contributed by atoms with van der Waals surface area (Å²) in [5, 5.41) is 0. The predicted octanol–water partition coefficient (Wildman–Crippen LogP) is 3.56. The van der Waals surface area contributed by atoms with Crippen LogP contribution < -0.4 is 0 Å². The predicted molar refractivity (Wildman–Crippen MR) is 70.5 cm³/mol. The Morgan fingerprint density at radius 3 is 2.81 bits per heavy atom. The number of aliphatic imine (C=N–C) groups is 1. The van der Waals surface area contributed by atoms with Crippen molar-refractivity contribution >= 4 is 11.9 Å². The summed E-state index contributed by atoms with van der Waals surface area (Å²) in [4.78, 5) is 8.64. The molecule has 0 amide bonds. The fraction of sp³-hybridized carbons (Fsp3) is 0.143. The van der Waals surface area contributed by atoms with E-state index in [1.54, 1.807) is 18.5 Å². The van der Waals surface area contributed by atoms with Crippen LogP contribution in [0.3, 0.4) is 0 Å². The van der Waals surface area contributed by atoms with Crippen molar-refractivity contribution in [2.24, 2.45) is 4.99 Å². The van der Waals surface area contributed by atoms with E-state index in [4.69, 9.17) is 0 Å². The van der Waals surface area contributed by atoms with Crippen molar-refractivity contribution in [3.63, 3.8) is 0 Å². The Bertz CT molecular complexity index is 454.